The summed E-state index contributed by atoms with van der Waals surface area (Å²) in [6.07, 6.45) is 0.0879. The minimum absolute atomic E-state index is 0.0616. The van der Waals surface area contributed by atoms with Gasteiger partial charge in [0.05, 0.1) is 27.7 Å². The molecule has 0 aliphatic carbocycles. The molecule has 0 unspecified atom stereocenters. The van der Waals surface area contributed by atoms with E-state index in [2.05, 4.69) is 10.6 Å². The number of rotatable bonds is 3. The Morgan fingerprint density at radius 2 is 1.83 bits per heavy atom. The standard InChI is InChI=1S/C20H20ClN3O5S.C2H7N.C2H4O/c1-20(2,3)29-19(25)23-14-4-7-18-17(11-14)24(8-9-28-18)30(26,27)15-5-6-16(21)13(10-15)12-22;1-3-2;1-2-3/h4-7,10-11H,8-9H2,1-3H3,(H,23,25);3H,1-2H3;2H,1H3. The van der Waals surface area contributed by atoms with E-state index in [9.17, 15) is 13.2 Å². The molecule has 1 heterocycles. The Morgan fingerprint density at radius 1 is 1.22 bits per heavy atom. The van der Waals surface area contributed by atoms with Crippen molar-refractivity contribution in [3.05, 3.63) is 47.0 Å². The van der Waals surface area contributed by atoms with E-state index in [0.717, 1.165) is 6.29 Å². The summed E-state index contributed by atoms with van der Waals surface area (Å²) in [7, 11) is -0.249. The van der Waals surface area contributed by atoms with Crippen molar-refractivity contribution in [3.63, 3.8) is 0 Å². The summed E-state index contributed by atoms with van der Waals surface area (Å²) in [4.78, 5) is 20.8. The maximum Gasteiger partial charge on any atom is 0.412 e. The van der Waals surface area contributed by atoms with Gasteiger partial charge in [-0.2, -0.15) is 5.26 Å². The van der Waals surface area contributed by atoms with Crippen molar-refractivity contribution < 1.29 is 27.5 Å². The summed E-state index contributed by atoms with van der Waals surface area (Å²) in [5, 5.41) is 14.7. The minimum Gasteiger partial charge on any atom is -0.489 e. The van der Waals surface area contributed by atoms with Crippen LogP contribution in [-0.4, -0.2) is 53.6 Å². The molecule has 0 spiro atoms. The molecule has 0 fully saturated rings. The number of sulfonamides is 1. The number of nitrogens with one attached hydrogen (secondary N) is 2. The van der Waals surface area contributed by atoms with Crippen LogP contribution in [-0.2, 0) is 19.6 Å². The first-order chi connectivity index (χ1) is 16.8. The monoisotopic (exact) mass is 538 g/mol. The molecule has 0 atom stereocenters. The number of aldehydes is 1. The summed E-state index contributed by atoms with van der Waals surface area (Å²) in [5.41, 5.74) is 0.00133. The topological polar surface area (TPSA) is 138 Å². The molecule has 2 N–H and O–H groups in total. The van der Waals surface area contributed by atoms with Crippen molar-refractivity contribution >= 4 is 45.4 Å². The molecule has 0 saturated heterocycles. The van der Waals surface area contributed by atoms with Gasteiger partial charge < -0.3 is 19.6 Å². The maximum atomic E-state index is 13.3. The Bertz CT molecular complexity index is 1210. The fraction of sp³-hybridized carbons (Fsp3) is 0.375. The summed E-state index contributed by atoms with van der Waals surface area (Å²) in [6, 6.07) is 10.5. The van der Waals surface area contributed by atoms with Gasteiger partial charge in [0.1, 0.15) is 30.3 Å². The molecular formula is C24H31ClN4O6S. The van der Waals surface area contributed by atoms with Gasteiger partial charge in [0.2, 0.25) is 0 Å². The molecule has 2 aromatic carbocycles. The van der Waals surface area contributed by atoms with Gasteiger partial charge in [-0.3, -0.25) is 9.62 Å². The lowest BCUT2D eigenvalue weighted by Crippen LogP contribution is -2.38. The Balaban J connectivity index is 0.000000982. The van der Waals surface area contributed by atoms with E-state index < -0.39 is 21.7 Å². The van der Waals surface area contributed by atoms with Crippen LogP contribution in [0.4, 0.5) is 16.2 Å². The number of ether oxygens (including phenoxy) is 2. The van der Waals surface area contributed by atoms with E-state index in [0.29, 0.717) is 11.4 Å². The third-order valence-corrected chi connectivity index (χ3v) is 6.21. The van der Waals surface area contributed by atoms with E-state index in [1.165, 1.54) is 35.5 Å². The second kappa shape index (κ2) is 13.7. The van der Waals surface area contributed by atoms with Crippen LogP contribution in [0.15, 0.2) is 41.3 Å². The normalized spacial score (nSPS) is 12.2. The van der Waals surface area contributed by atoms with Crippen molar-refractivity contribution in [1.29, 1.82) is 5.26 Å². The van der Waals surface area contributed by atoms with Gasteiger partial charge in [-0.05, 0) is 78.2 Å². The number of carbonyl (C=O) groups excluding carboxylic acids is 2. The van der Waals surface area contributed by atoms with E-state index in [1.807, 2.05) is 20.2 Å². The first kappa shape index (κ1) is 30.7. The van der Waals surface area contributed by atoms with Gasteiger partial charge in [0.25, 0.3) is 10.0 Å². The fourth-order valence-electron chi connectivity index (χ4n) is 2.82. The number of carbonyl (C=O) groups is 2. The number of halogens is 1. The van der Waals surface area contributed by atoms with E-state index >= 15 is 0 Å². The Morgan fingerprint density at radius 3 is 2.39 bits per heavy atom. The quantitative estimate of drug-likeness (QED) is 0.555. The molecule has 196 valence electrons. The SMILES string of the molecule is CC(C)(C)OC(=O)Nc1ccc2c(c1)N(S(=O)(=O)c1ccc(Cl)c(C#N)c1)CCO2.CC=O.CNC. The molecule has 36 heavy (non-hydrogen) atoms. The largest absolute Gasteiger partial charge is 0.489 e. The van der Waals surface area contributed by atoms with Gasteiger partial charge in [0.15, 0.2) is 0 Å². The van der Waals surface area contributed by atoms with Crippen LogP contribution in [0.2, 0.25) is 5.02 Å². The van der Waals surface area contributed by atoms with Gasteiger partial charge >= 0.3 is 6.09 Å². The third-order valence-electron chi connectivity index (χ3n) is 4.07. The van der Waals surface area contributed by atoms with Crippen molar-refractivity contribution in [2.45, 2.75) is 38.2 Å². The number of hydrogen-bond acceptors (Lipinski definition) is 8. The first-order valence-electron chi connectivity index (χ1n) is 10.8. The number of nitrogens with zero attached hydrogens (tertiary/aromatic N) is 2. The van der Waals surface area contributed by atoms with Gasteiger partial charge in [-0.25, -0.2) is 13.2 Å². The van der Waals surface area contributed by atoms with Crippen LogP contribution in [0, 0.1) is 11.3 Å². The lowest BCUT2D eigenvalue weighted by molar-refractivity contribution is -0.106. The average Bonchev–Trinajstić information content (AvgIpc) is 2.78. The lowest BCUT2D eigenvalue weighted by atomic mass is 10.2. The fourth-order valence-corrected chi connectivity index (χ4v) is 4.46. The number of anilines is 2. The molecule has 0 radical (unpaired) electrons. The molecule has 0 saturated carbocycles. The van der Waals surface area contributed by atoms with Gasteiger partial charge in [-0.15, -0.1) is 0 Å². The Hall–Kier alpha value is -3.33. The van der Waals surface area contributed by atoms with Crippen molar-refractivity contribution in [3.8, 4) is 11.8 Å². The molecular weight excluding hydrogens is 508 g/mol. The smallest absolute Gasteiger partial charge is 0.412 e. The number of amides is 1. The Kier molecular flexibility index (Phi) is 11.7. The molecule has 1 amide bonds. The van der Waals surface area contributed by atoms with Crippen LogP contribution in [0.3, 0.4) is 0 Å². The second-order valence-corrected chi connectivity index (χ2v) is 10.5. The first-order valence-corrected chi connectivity index (χ1v) is 12.6. The maximum absolute atomic E-state index is 13.3. The highest BCUT2D eigenvalue weighted by Gasteiger charge is 2.31. The summed E-state index contributed by atoms with van der Waals surface area (Å²) >= 11 is 5.93. The second-order valence-electron chi connectivity index (χ2n) is 8.22. The van der Waals surface area contributed by atoms with Crippen LogP contribution < -0.4 is 19.7 Å². The highest BCUT2D eigenvalue weighted by Crippen LogP contribution is 2.38. The summed E-state index contributed by atoms with van der Waals surface area (Å²) < 4.78 is 38.5. The van der Waals surface area contributed by atoms with Crippen molar-refractivity contribution in [1.82, 2.24) is 5.32 Å². The molecule has 2 aromatic rings. The molecule has 0 bridgehead atoms. The molecule has 1 aliphatic rings. The zero-order valence-electron chi connectivity index (χ0n) is 21.1. The van der Waals surface area contributed by atoms with Gasteiger partial charge in [-0.1, -0.05) is 11.6 Å². The zero-order chi connectivity index (χ0) is 27.5. The van der Waals surface area contributed by atoms with Crippen molar-refractivity contribution in [2.75, 3.05) is 36.9 Å². The Labute approximate surface area is 217 Å². The molecule has 1 aliphatic heterocycles. The predicted molar refractivity (Wildman–Crippen MR) is 139 cm³/mol. The van der Waals surface area contributed by atoms with E-state index in [1.54, 1.807) is 32.9 Å². The summed E-state index contributed by atoms with van der Waals surface area (Å²) in [6.45, 7) is 6.88. The number of benzene rings is 2. The van der Waals surface area contributed by atoms with Crippen molar-refractivity contribution in [2.24, 2.45) is 0 Å². The van der Waals surface area contributed by atoms with Gasteiger partial charge in [0, 0.05) is 5.69 Å². The predicted octanol–water partition coefficient (Wildman–Crippen LogP) is 4.19. The van der Waals surface area contributed by atoms with Crippen LogP contribution in [0.25, 0.3) is 0 Å². The number of nitriles is 1. The molecule has 0 aromatic heterocycles. The molecule has 10 nitrogen and oxygen atoms in total. The number of hydrogen-bond donors (Lipinski definition) is 2. The van der Waals surface area contributed by atoms with E-state index in [-0.39, 0.29) is 34.3 Å². The average molecular weight is 539 g/mol. The zero-order valence-corrected chi connectivity index (χ0v) is 22.7. The molecule has 3 rings (SSSR count). The minimum atomic E-state index is -4.00. The van der Waals surface area contributed by atoms with Crippen LogP contribution >= 0.6 is 11.6 Å². The van der Waals surface area contributed by atoms with Crippen LogP contribution in [0.1, 0.15) is 33.3 Å². The summed E-state index contributed by atoms with van der Waals surface area (Å²) in [5.74, 6) is 0.356. The third kappa shape index (κ3) is 8.71. The highest BCUT2D eigenvalue weighted by molar-refractivity contribution is 7.92. The highest BCUT2D eigenvalue weighted by atomic mass is 35.5. The molecule has 12 heteroatoms. The van der Waals surface area contributed by atoms with E-state index in [4.69, 9.17) is 31.1 Å². The number of fused-ring (bicyclic) bond motifs is 1. The van der Waals surface area contributed by atoms with Crippen LogP contribution in [0.5, 0.6) is 5.75 Å². The lowest BCUT2D eigenvalue weighted by Gasteiger charge is -2.31.